The van der Waals surface area contributed by atoms with Crippen molar-refractivity contribution >= 4 is 62.2 Å². The van der Waals surface area contributed by atoms with Crippen molar-refractivity contribution in [3.05, 3.63) is 90.5 Å². The van der Waals surface area contributed by atoms with Gasteiger partial charge in [-0.2, -0.15) is 0 Å². The molecule has 2 aromatic carbocycles. The van der Waals surface area contributed by atoms with Crippen LogP contribution in [-0.2, 0) is 22.4 Å². The minimum absolute atomic E-state index is 0.0652. The Morgan fingerprint density at radius 1 is 1.03 bits per heavy atom. The lowest BCUT2D eigenvalue weighted by molar-refractivity contribution is -0.162. The van der Waals surface area contributed by atoms with E-state index in [1.165, 1.54) is 0 Å². The third-order valence-corrected chi connectivity index (χ3v) is 8.19. The summed E-state index contributed by atoms with van der Waals surface area (Å²) in [5.74, 6) is -0.810. The monoisotopic (exact) mass is 594 g/mol. The van der Waals surface area contributed by atoms with Crippen molar-refractivity contribution in [2.24, 2.45) is 11.8 Å². The van der Waals surface area contributed by atoms with E-state index in [4.69, 9.17) is 27.9 Å². The lowest BCUT2D eigenvalue weighted by Gasteiger charge is -2.29. The molecule has 0 bridgehead atoms. The van der Waals surface area contributed by atoms with E-state index >= 15 is 0 Å². The molecular weight excluding hydrogens is 567 g/mol. The van der Waals surface area contributed by atoms with E-state index < -0.39 is 11.5 Å². The number of ether oxygens (including phenoxy) is 1. The molecule has 0 saturated heterocycles. The third-order valence-electron chi connectivity index (χ3n) is 5.69. The summed E-state index contributed by atoms with van der Waals surface area (Å²) in [5, 5.41) is 2.85. The van der Waals surface area contributed by atoms with Crippen LogP contribution in [0.15, 0.2) is 64.5 Å². The van der Waals surface area contributed by atoms with Crippen molar-refractivity contribution in [1.82, 2.24) is 0 Å². The highest BCUT2D eigenvalue weighted by Crippen LogP contribution is 2.34. The van der Waals surface area contributed by atoms with Gasteiger partial charge in [0, 0.05) is 26.4 Å². The van der Waals surface area contributed by atoms with Crippen molar-refractivity contribution in [3.63, 3.8) is 0 Å². The van der Waals surface area contributed by atoms with Crippen LogP contribution in [0.2, 0.25) is 10.0 Å². The lowest BCUT2D eigenvalue weighted by Crippen LogP contribution is -2.35. The van der Waals surface area contributed by atoms with Gasteiger partial charge in [0.25, 0.3) is 0 Å². The maximum absolute atomic E-state index is 13.5. The summed E-state index contributed by atoms with van der Waals surface area (Å²) in [5.41, 5.74) is 0.905. The highest BCUT2D eigenvalue weighted by atomic mass is 79.9. The Balaban J connectivity index is 1.90. The van der Waals surface area contributed by atoms with Gasteiger partial charge >= 0.3 is 5.97 Å². The Hall–Kier alpha value is -1.66. The molecule has 1 aromatic heterocycles. The zero-order chi connectivity index (χ0) is 25.6. The number of carbonyl (C=O) groups is 2. The predicted molar refractivity (Wildman–Crippen MR) is 149 cm³/mol. The molecule has 0 saturated carbocycles. The normalized spacial score (nSPS) is 13.3. The first-order valence-electron chi connectivity index (χ1n) is 11.5. The van der Waals surface area contributed by atoms with Crippen LogP contribution in [-0.4, -0.2) is 17.4 Å². The Kier molecular flexibility index (Phi) is 10.00. The Morgan fingerprint density at radius 3 is 2.34 bits per heavy atom. The van der Waals surface area contributed by atoms with Crippen molar-refractivity contribution in [2.45, 2.75) is 52.1 Å². The van der Waals surface area contributed by atoms with E-state index in [2.05, 4.69) is 15.9 Å². The molecular formula is C28H29BrCl2O3S. The summed E-state index contributed by atoms with van der Waals surface area (Å²) in [6, 6.07) is 16.9. The number of rotatable bonds is 10. The van der Waals surface area contributed by atoms with Crippen LogP contribution in [0.1, 0.15) is 54.4 Å². The van der Waals surface area contributed by atoms with Gasteiger partial charge < -0.3 is 4.74 Å². The molecule has 0 fully saturated rings. The molecule has 0 N–H and O–H groups in total. The summed E-state index contributed by atoms with van der Waals surface area (Å²) in [7, 11) is 0. The van der Waals surface area contributed by atoms with Gasteiger partial charge in [-0.05, 0) is 97.1 Å². The van der Waals surface area contributed by atoms with Gasteiger partial charge in [0.1, 0.15) is 5.60 Å². The van der Waals surface area contributed by atoms with Crippen LogP contribution in [0.25, 0.3) is 0 Å². The van der Waals surface area contributed by atoms with E-state index in [0.717, 1.165) is 14.9 Å². The van der Waals surface area contributed by atoms with Gasteiger partial charge in [0.15, 0.2) is 5.78 Å². The number of benzene rings is 2. The number of ketones is 1. The summed E-state index contributed by atoms with van der Waals surface area (Å²) in [6.45, 7) is 5.63. The molecule has 1 heterocycles. The molecule has 0 spiro atoms. The van der Waals surface area contributed by atoms with Crippen LogP contribution in [0.3, 0.4) is 0 Å². The number of thiophene rings is 1. The van der Waals surface area contributed by atoms with E-state index in [9.17, 15) is 9.59 Å². The van der Waals surface area contributed by atoms with Gasteiger partial charge in [-0.25, -0.2) is 0 Å². The first kappa shape index (κ1) is 27.9. The topological polar surface area (TPSA) is 43.4 Å². The largest absolute Gasteiger partial charge is 0.460 e. The molecule has 0 amide bonds. The molecule has 0 aliphatic rings. The van der Waals surface area contributed by atoms with Crippen molar-refractivity contribution < 1.29 is 14.3 Å². The number of esters is 1. The van der Waals surface area contributed by atoms with Gasteiger partial charge in [0.05, 0.1) is 10.9 Å². The highest BCUT2D eigenvalue weighted by molar-refractivity contribution is 9.10. The van der Waals surface area contributed by atoms with Crippen LogP contribution in [0, 0.1) is 11.8 Å². The second-order valence-electron chi connectivity index (χ2n) is 9.57. The molecule has 0 radical (unpaired) electrons. The maximum atomic E-state index is 13.5. The average Bonchev–Trinajstić information content (AvgIpc) is 3.18. The fourth-order valence-corrected chi connectivity index (χ4v) is 6.13. The number of Topliss-reactive ketones (excluding diaryl/α,β-unsaturated/α-hetero) is 1. The zero-order valence-electron chi connectivity index (χ0n) is 20.0. The van der Waals surface area contributed by atoms with E-state index in [1.807, 2.05) is 62.5 Å². The summed E-state index contributed by atoms with van der Waals surface area (Å²) < 4.78 is 6.87. The minimum atomic E-state index is -0.604. The summed E-state index contributed by atoms with van der Waals surface area (Å²) in [6.07, 6.45) is 2.00. The molecule has 3 nitrogen and oxygen atoms in total. The van der Waals surface area contributed by atoms with Crippen molar-refractivity contribution in [3.8, 4) is 0 Å². The molecule has 0 aliphatic carbocycles. The first-order chi connectivity index (χ1) is 16.5. The molecule has 3 aromatic rings. The number of hydrogen-bond donors (Lipinski definition) is 0. The number of carbonyl (C=O) groups excluding carboxylic acids is 2. The number of halogens is 3. The predicted octanol–water partition coefficient (Wildman–Crippen LogP) is 8.84. The van der Waals surface area contributed by atoms with Crippen molar-refractivity contribution in [1.29, 1.82) is 0 Å². The van der Waals surface area contributed by atoms with E-state index in [-0.39, 0.29) is 24.1 Å². The Labute approximate surface area is 229 Å². The van der Waals surface area contributed by atoms with Gasteiger partial charge in [-0.15, -0.1) is 11.3 Å². The molecule has 7 heteroatoms. The van der Waals surface area contributed by atoms with Crippen LogP contribution < -0.4 is 0 Å². The van der Waals surface area contributed by atoms with Crippen molar-refractivity contribution in [2.75, 3.05) is 0 Å². The van der Waals surface area contributed by atoms with Gasteiger partial charge in [-0.3, -0.25) is 9.59 Å². The first-order valence-corrected chi connectivity index (χ1v) is 13.9. The van der Waals surface area contributed by atoms with Crippen LogP contribution in [0.4, 0.5) is 0 Å². The summed E-state index contributed by atoms with van der Waals surface area (Å²) in [4.78, 5) is 27.7. The third kappa shape index (κ3) is 8.45. The second-order valence-corrected chi connectivity index (χ2v) is 12.3. The Morgan fingerprint density at radius 2 is 1.74 bits per heavy atom. The summed E-state index contributed by atoms with van der Waals surface area (Å²) >= 11 is 17.6. The standard InChI is InChI=1S/C28H29BrCl2O3S/c1-28(2,3)34-27(33)22(15-18-7-5-4-6-8-18)19(16-26-23(29)13-14-35-26)9-12-25(32)21-11-10-20(30)17-24(21)31/h4-8,10-11,13-14,17,19,22H,9,12,15-16H2,1-3H3/t19?,22-/m1/s1. The number of hydrogen-bond acceptors (Lipinski definition) is 4. The van der Waals surface area contributed by atoms with Gasteiger partial charge in [-0.1, -0.05) is 53.5 Å². The van der Waals surface area contributed by atoms with E-state index in [1.54, 1.807) is 29.5 Å². The molecule has 186 valence electrons. The van der Waals surface area contributed by atoms with Gasteiger partial charge in [0.2, 0.25) is 0 Å². The minimum Gasteiger partial charge on any atom is -0.460 e. The maximum Gasteiger partial charge on any atom is 0.310 e. The smallest absolute Gasteiger partial charge is 0.310 e. The zero-order valence-corrected chi connectivity index (χ0v) is 23.9. The highest BCUT2D eigenvalue weighted by Gasteiger charge is 2.33. The molecule has 3 rings (SSSR count). The van der Waals surface area contributed by atoms with Crippen LogP contribution >= 0.6 is 50.5 Å². The molecule has 35 heavy (non-hydrogen) atoms. The average molecular weight is 596 g/mol. The van der Waals surface area contributed by atoms with Crippen LogP contribution in [0.5, 0.6) is 0 Å². The molecule has 1 unspecified atom stereocenters. The quantitative estimate of drug-likeness (QED) is 0.174. The fourth-order valence-electron chi connectivity index (χ4n) is 4.01. The lowest BCUT2D eigenvalue weighted by atomic mass is 9.80. The Bertz CT molecular complexity index is 1150. The second kappa shape index (κ2) is 12.5. The molecule has 0 aliphatic heterocycles. The van der Waals surface area contributed by atoms with E-state index in [0.29, 0.717) is 34.9 Å². The SMILES string of the molecule is CC(C)(C)OC(=O)[C@H](Cc1ccccc1)C(CCC(=O)c1ccc(Cl)cc1Cl)Cc1sccc1Br. The molecule has 2 atom stereocenters. The fraction of sp³-hybridized carbons (Fsp3) is 0.357.